The van der Waals surface area contributed by atoms with Crippen LogP contribution in [0.25, 0.3) is 5.69 Å². The molecule has 102 valence electrons. The van der Waals surface area contributed by atoms with Gasteiger partial charge in [0.05, 0.1) is 11.9 Å². The molecule has 0 aliphatic heterocycles. The molecule has 0 spiro atoms. The van der Waals surface area contributed by atoms with E-state index in [4.69, 9.17) is 9.47 Å². The predicted octanol–water partition coefficient (Wildman–Crippen LogP) is 2.65. The second-order valence-electron chi connectivity index (χ2n) is 4.17. The first-order valence-corrected chi connectivity index (χ1v) is 6.47. The van der Waals surface area contributed by atoms with E-state index >= 15 is 0 Å². The average molecular weight is 261 g/mol. The Labute approximate surface area is 113 Å². The minimum Gasteiger partial charge on any atom is -0.347 e. The average Bonchev–Trinajstić information content (AvgIpc) is 2.88. The molecule has 1 heterocycles. The molecule has 0 N–H and O–H groups in total. The van der Waals surface area contributed by atoms with Crippen molar-refractivity contribution in [3.8, 4) is 5.69 Å². The van der Waals surface area contributed by atoms with Crippen molar-refractivity contribution in [1.29, 1.82) is 0 Å². The molecule has 1 aromatic heterocycles. The standard InChI is InChI=1S/C14H19N3O2/c1-4-18-14(19-5-2)13-10-17(16-15-13)12-8-6-7-11(3)9-12/h6-10,14H,4-5H2,1-3H3. The van der Waals surface area contributed by atoms with E-state index in [1.54, 1.807) is 4.68 Å². The highest BCUT2D eigenvalue weighted by Crippen LogP contribution is 2.17. The number of benzene rings is 1. The maximum absolute atomic E-state index is 5.50. The minimum atomic E-state index is -0.450. The SMILES string of the molecule is CCOC(OCC)c1cn(-c2cccc(C)c2)nn1. The summed E-state index contributed by atoms with van der Waals surface area (Å²) in [6.45, 7) is 7.04. The van der Waals surface area contributed by atoms with Crippen LogP contribution in [0.4, 0.5) is 0 Å². The summed E-state index contributed by atoms with van der Waals surface area (Å²) >= 11 is 0. The van der Waals surface area contributed by atoms with E-state index in [1.807, 2.05) is 45.2 Å². The summed E-state index contributed by atoms with van der Waals surface area (Å²) in [4.78, 5) is 0. The van der Waals surface area contributed by atoms with E-state index in [-0.39, 0.29) is 0 Å². The van der Waals surface area contributed by atoms with Gasteiger partial charge in [-0.1, -0.05) is 17.3 Å². The zero-order valence-corrected chi connectivity index (χ0v) is 11.5. The van der Waals surface area contributed by atoms with Crippen LogP contribution in [-0.2, 0) is 9.47 Å². The van der Waals surface area contributed by atoms with Crippen LogP contribution in [0.15, 0.2) is 30.5 Å². The predicted molar refractivity (Wildman–Crippen MR) is 72.1 cm³/mol. The van der Waals surface area contributed by atoms with Gasteiger partial charge in [-0.15, -0.1) is 5.10 Å². The maximum atomic E-state index is 5.50. The number of hydrogen-bond donors (Lipinski definition) is 0. The molecule has 0 bridgehead atoms. The van der Waals surface area contributed by atoms with Crippen molar-refractivity contribution < 1.29 is 9.47 Å². The highest BCUT2D eigenvalue weighted by atomic mass is 16.7. The molecule has 1 aromatic carbocycles. The summed E-state index contributed by atoms with van der Waals surface area (Å²) in [7, 11) is 0. The Morgan fingerprint density at radius 1 is 1.21 bits per heavy atom. The van der Waals surface area contributed by atoms with Crippen molar-refractivity contribution in [1.82, 2.24) is 15.0 Å². The van der Waals surface area contributed by atoms with E-state index in [0.29, 0.717) is 18.9 Å². The number of aryl methyl sites for hydroxylation is 1. The normalized spacial score (nSPS) is 11.2. The Bertz CT molecular complexity index is 519. The molecular formula is C14H19N3O2. The lowest BCUT2D eigenvalue weighted by molar-refractivity contribution is -0.142. The minimum absolute atomic E-state index is 0.450. The molecule has 0 fully saturated rings. The molecule has 0 radical (unpaired) electrons. The van der Waals surface area contributed by atoms with Crippen molar-refractivity contribution in [3.63, 3.8) is 0 Å². The Balaban J connectivity index is 2.22. The van der Waals surface area contributed by atoms with Crippen LogP contribution in [0.3, 0.4) is 0 Å². The van der Waals surface area contributed by atoms with Gasteiger partial charge in [-0.05, 0) is 38.5 Å². The molecule has 0 aliphatic carbocycles. The first-order valence-electron chi connectivity index (χ1n) is 6.47. The smallest absolute Gasteiger partial charge is 0.204 e. The summed E-state index contributed by atoms with van der Waals surface area (Å²) in [6.07, 6.45) is 1.39. The van der Waals surface area contributed by atoms with E-state index in [9.17, 15) is 0 Å². The van der Waals surface area contributed by atoms with Gasteiger partial charge in [-0.3, -0.25) is 0 Å². The molecule has 0 saturated carbocycles. The molecule has 5 nitrogen and oxygen atoms in total. The maximum Gasteiger partial charge on any atom is 0.204 e. The quantitative estimate of drug-likeness (QED) is 0.750. The van der Waals surface area contributed by atoms with E-state index in [2.05, 4.69) is 16.4 Å². The molecule has 0 amide bonds. The second kappa shape index (κ2) is 6.45. The Kier molecular flexibility index (Phi) is 4.65. The number of rotatable bonds is 6. The molecule has 5 heteroatoms. The third-order valence-electron chi connectivity index (χ3n) is 2.65. The molecule has 0 unspecified atom stereocenters. The lowest BCUT2D eigenvalue weighted by Crippen LogP contribution is -2.09. The van der Waals surface area contributed by atoms with Gasteiger partial charge in [0.1, 0.15) is 5.69 Å². The fourth-order valence-electron chi connectivity index (χ4n) is 1.80. The summed E-state index contributed by atoms with van der Waals surface area (Å²) < 4.78 is 12.7. The van der Waals surface area contributed by atoms with Crippen molar-refractivity contribution >= 4 is 0 Å². The number of nitrogens with zero attached hydrogens (tertiary/aromatic N) is 3. The number of ether oxygens (including phenoxy) is 2. The van der Waals surface area contributed by atoms with Gasteiger partial charge >= 0.3 is 0 Å². The van der Waals surface area contributed by atoms with Crippen molar-refractivity contribution in [3.05, 3.63) is 41.7 Å². The van der Waals surface area contributed by atoms with Crippen molar-refractivity contribution in [2.45, 2.75) is 27.1 Å². The van der Waals surface area contributed by atoms with Gasteiger partial charge in [-0.2, -0.15) is 0 Å². The van der Waals surface area contributed by atoms with Crippen LogP contribution in [0.1, 0.15) is 31.4 Å². The van der Waals surface area contributed by atoms with Gasteiger partial charge in [-0.25, -0.2) is 4.68 Å². The Hall–Kier alpha value is -1.72. The van der Waals surface area contributed by atoms with Gasteiger partial charge < -0.3 is 9.47 Å². The number of hydrogen-bond acceptors (Lipinski definition) is 4. The molecule has 2 rings (SSSR count). The molecule has 0 saturated heterocycles. The fourth-order valence-corrected chi connectivity index (χ4v) is 1.80. The van der Waals surface area contributed by atoms with Gasteiger partial charge in [0.25, 0.3) is 0 Å². The molecule has 19 heavy (non-hydrogen) atoms. The van der Waals surface area contributed by atoms with E-state index in [1.165, 1.54) is 5.56 Å². The lowest BCUT2D eigenvalue weighted by Gasteiger charge is -2.13. The summed E-state index contributed by atoms with van der Waals surface area (Å²) in [5, 5.41) is 8.24. The Morgan fingerprint density at radius 2 is 1.95 bits per heavy atom. The highest BCUT2D eigenvalue weighted by Gasteiger charge is 2.16. The first-order chi connectivity index (χ1) is 9.24. The Morgan fingerprint density at radius 3 is 2.58 bits per heavy atom. The van der Waals surface area contributed by atoms with Crippen LogP contribution >= 0.6 is 0 Å². The van der Waals surface area contributed by atoms with Gasteiger partial charge in [0.15, 0.2) is 0 Å². The largest absolute Gasteiger partial charge is 0.347 e. The van der Waals surface area contributed by atoms with Gasteiger partial charge in [0.2, 0.25) is 6.29 Å². The third-order valence-corrected chi connectivity index (χ3v) is 2.65. The zero-order valence-electron chi connectivity index (χ0n) is 11.5. The van der Waals surface area contributed by atoms with E-state index in [0.717, 1.165) is 5.69 Å². The fraction of sp³-hybridized carbons (Fsp3) is 0.429. The van der Waals surface area contributed by atoms with Crippen LogP contribution in [0, 0.1) is 6.92 Å². The second-order valence-corrected chi connectivity index (χ2v) is 4.17. The lowest BCUT2D eigenvalue weighted by atomic mass is 10.2. The number of aromatic nitrogens is 3. The first kappa shape index (κ1) is 13.7. The monoisotopic (exact) mass is 261 g/mol. The topological polar surface area (TPSA) is 49.2 Å². The summed E-state index contributed by atoms with van der Waals surface area (Å²) in [6, 6.07) is 8.08. The van der Waals surface area contributed by atoms with Crippen molar-refractivity contribution in [2.24, 2.45) is 0 Å². The summed E-state index contributed by atoms with van der Waals surface area (Å²) in [5.74, 6) is 0. The van der Waals surface area contributed by atoms with Crippen LogP contribution in [0.5, 0.6) is 0 Å². The van der Waals surface area contributed by atoms with Gasteiger partial charge in [0, 0.05) is 13.2 Å². The van der Waals surface area contributed by atoms with Crippen molar-refractivity contribution in [2.75, 3.05) is 13.2 Å². The molecule has 0 aliphatic rings. The van der Waals surface area contributed by atoms with Crippen LogP contribution in [-0.4, -0.2) is 28.2 Å². The molecule has 0 atom stereocenters. The van der Waals surface area contributed by atoms with E-state index < -0.39 is 6.29 Å². The highest BCUT2D eigenvalue weighted by molar-refractivity contribution is 5.34. The van der Waals surface area contributed by atoms with Crippen LogP contribution < -0.4 is 0 Å². The third kappa shape index (κ3) is 3.39. The van der Waals surface area contributed by atoms with Crippen LogP contribution in [0.2, 0.25) is 0 Å². The molecular weight excluding hydrogens is 242 g/mol. The molecule has 2 aromatic rings. The zero-order chi connectivity index (χ0) is 13.7. The summed E-state index contributed by atoms with van der Waals surface area (Å²) in [5.41, 5.74) is 2.84.